The zero-order chi connectivity index (χ0) is 19.6. The molecule has 6 nitrogen and oxygen atoms in total. The van der Waals surface area contributed by atoms with E-state index in [-0.39, 0.29) is 23.6 Å². The normalized spacial score (nSPS) is 20.7. The van der Waals surface area contributed by atoms with E-state index in [0.717, 1.165) is 0 Å². The molecule has 0 aromatic heterocycles. The quantitative estimate of drug-likeness (QED) is 0.776. The highest BCUT2D eigenvalue weighted by atomic mass is 35.5. The van der Waals surface area contributed by atoms with Crippen LogP contribution in [-0.4, -0.2) is 48.3 Å². The van der Waals surface area contributed by atoms with Gasteiger partial charge in [-0.15, -0.1) is 0 Å². The van der Waals surface area contributed by atoms with Crippen molar-refractivity contribution in [3.63, 3.8) is 0 Å². The van der Waals surface area contributed by atoms with E-state index in [1.165, 1.54) is 6.08 Å². The summed E-state index contributed by atoms with van der Waals surface area (Å²) in [4.78, 5) is 40.1. The lowest BCUT2D eigenvalue weighted by molar-refractivity contribution is -0.133. The van der Waals surface area contributed by atoms with Gasteiger partial charge in [0.2, 0.25) is 17.7 Å². The molecule has 1 atom stereocenters. The van der Waals surface area contributed by atoms with Gasteiger partial charge in [0.15, 0.2) is 0 Å². The molecule has 3 rings (SSSR count). The van der Waals surface area contributed by atoms with E-state index in [4.69, 9.17) is 23.2 Å². The molecule has 144 valence electrons. The maximum atomic E-state index is 12.7. The first kappa shape index (κ1) is 19.7. The maximum Gasteiger partial charge on any atom is 0.249 e. The number of halogens is 2. The van der Waals surface area contributed by atoms with Crippen LogP contribution in [-0.2, 0) is 14.4 Å². The Kier molecular flexibility index (Phi) is 6.07. The predicted octanol–water partition coefficient (Wildman–Crippen LogP) is 2.64. The minimum absolute atomic E-state index is 0.115. The van der Waals surface area contributed by atoms with Gasteiger partial charge in [-0.05, 0) is 43.5 Å². The van der Waals surface area contributed by atoms with Crippen LogP contribution in [0.2, 0.25) is 10.0 Å². The Labute approximate surface area is 168 Å². The summed E-state index contributed by atoms with van der Waals surface area (Å²) in [6.07, 6.45) is 2.98. The van der Waals surface area contributed by atoms with E-state index in [0.29, 0.717) is 54.6 Å². The Balaban J connectivity index is 1.57. The smallest absolute Gasteiger partial charge is 0.249 e. The number of carbonyl (C=O) groups is 3. The molecule has 2 aliphatic heterocycles. The summed E-state index contributed by atoms with van der Waals surface area (Å²) >= 11 is 12.1. The highest BCUT2D eigenvalue weighted by Crippen LogP contribution is 2.31. The second-order valence-corrected chi connectivity index (χ2v) is 7.58. The van der Waals surface area contributed by atoms with Crippen LogP contribution in [0.4, 0.5) is 5.69 Å². The van der Waals surface area contributed by atoms with Crippen molar-refractivity contribution in [1.29, 1.82) is 0 Å². The summed E-state index contributed by atoms with van der Waals surface area (Å²) in [6.45, 7) is 5.01. The van der Waals surface area contributed by atoms with Crippen LogP contribution in [0.5, 0.6) is 0 Å². The van der Waals surface area contributed by atoms with Gasteiger partial charge >= 0.3 is 0 Å². The predicted molar refractivity (Wildman–Crippen MR) is 105 cm³/mol. The van der Waals surface area contributed by atoms with Crippen LogP contribution in [0.1, 0.15) is 19.3 Å². The number of nitrogens with zero attached hydrogens (tertiary/aromatic N) is 2. The highest BCUT2D eigenvalue weighted by molar-refractivity contribution is 6.36. The Morgan fingerprint density at radius 2 is 1.85 bits per heavy atom. The highest BCUT2D eigenvalue weighted by Gasteiger charge is 2.36. The molecule has 8 heteroatoms. The molecule has 0 spiro atoms. The minimum atomic E-state index is -0.558. The molecule has 0 aliphatic carbocycles. The van der Waals surface area contributed by atoms with Crippen LogP contribution < -0.4 is 10.2 Å². The zero-order valence-corrected chi connectivity index (χ0v) is 16.3. The number of carbonyl (C=O) groups excluding carboxylic acids is 3. The largest absolute Gasteiger partial charge is 0.344 e. The van der Waals surface area contributed by atoms with E-state index in [1.807, 2.05) is 0 Å². The number of anilines is 1. The van der Waals surface area contributed by atoms with Gasteiger partial charge in [-0.1, -0.05) is 29.8 Å². The molecule has 1 aromatic rings. The van der Waals surface area contributed by atoms with Crippen molar-refractivity contribution in [3.05, 3.63) is 40.9 Å². The summed E-state index contributed by atoms with van der Waals surface area (Å²) in [6, 6.07) is 4.42. The third kappa shape index (κ3) is 4.28. The summed E-state index contributed by atoms with van der Waals surface area (Å²) in [5, 5.41) is 3.77. The molecule has 0 radical (unpaired) electrons. The van der Waals surface area contributed by atoms with Crippen molar-refractivity contribution in [3.8, 4) is 0 Å². The lowest BCUT2D eigenvalue weighted by Crippen LogP contribution is -2.47. The molecule has 1 unspecified atom stereocenters. The Morgan fingerprint density at radius 3 is 2.48 bits per heavy atom. The van der Waals surface area contributed by atoms with E-state index in [2.05, 4.69) is 11.9 Å². The van der Waals surface area contributed by atoms with E-state index in [9.17, 15) is 14.4 Å². The van der Waals surface area contributed by atoms with E-state index >= 15 is 0 Å². The molecule has 2 heterocycles. The van der Waals surface area contributed by atoms with Gasteiger partial charge in [-0.25, -0.2) is 0 Å². The summed E-state index contributed by atoms with van der Waals surface area (Å²) in [7, 11) is 0. The van der Waals surface area contributed by atoms with Gasteiger partial charge in [0.25, 0.3) is 0 Å². The van der Waals surface area contributed by atoms with Gasteiger partial charge < -0.3 is 15.1 Å². The number of hydrogen-bond donors (Lipinski definition) is 1. The number of piperidine rings is 1. The Bertz CT molecular complexity index is 775. The van der Waals surface area contributed by atoms with Crippen molar-refractivity contribution >= 4 is 46.6 Å². The SMILES string of the molecule is C=CC(=O)N1CCC(C(=O)NC2CCN(c3ccc(Cl)cc3Cl)C2=O)CC1. The first-order valence-electron chi connectivity index (χ1n) is 8.89. The van der Waals surface area contributed by atoms with E-state index in [1.54, 1.807) is 28.0 Å². The monoisotopic (exact) mass is 409 g/mol. The second-order valence-electron chi connectivity index (χ2n) is 6.74. The topological polar surface area (TPSA) is 69.7 Å². The second kappa shape index (κ2) is 8.31. The average molecular weight is 410 g/mol. The summed E-state index contributed by atoms with van der Waals surface area (Å²) < 4.78 is 0. The van der Waals surface area contributed by atoms with Crippen molar-refractivity contribution in [2.75, 3.05) is 24.5 Å². The number of nitrogens with one attached hydrogen (secondary N) is 1. The first-order valence-corrected chi connectivity index (χ1v) is 9.64. The van der Waals surface area contributed by atoms with E-state index < -0.39 is 6.04 Å². The summed E-state index contributed by atoms with van der Waals surface area (Å²) in [5.74, 6) is -0.620. The first-order chi connectivity index (χ1) is 12.9. The number of hydrogen-bond acceptors (Lipinski definition) is 3. The fraction of sp³-hybridized carbons (Fsp3) is 0.421. The fourth-order valence-corrected chi connectivity index (χ4v) is 4.04. The molecular weight excluding hydrogens is 389 g/mol. The van der Waals surface area contributed by atoms with Crippen LogP contribution >= 0.6 is 23.2 Å². The maximum absolute atomic E-state index is 12.7. The molecule has 0 bridgehead atoms. The van der Waals surface area contributed by atoms with Gasteiger partial charge in [-0.3, -0.25) is 14.4 Å². The molecule has 1 aromatic carbocycles. The third-order valence-electron chi connectivity index (χ3n) is 5.07. The van der Waals surface area contributed by atoms with Crippen LogP contribution in [0.15, 0.2) is 30.9 Å². The van der Waals surface area contributed by atoms with Crippen molar-refractivity contribution < 1.29 is 14.4 Å². The molecule has 27 heavy (non-hydrogen) atoms. The van der Waals surface area contributed by atoms with Gasteiger partial charge in [-0.2, -0.15) is 0 Å². The van der Waals surface area contributed by atoms with Gasteiger partial charge in [0, 0.05) is 30.6 Å². The summed E-state index contributed by atoms with van der Waals surface area (Å²) in [5.41, 5.74) is 0.596. The van der Waals surface area contributed by atoms with Crippen LogP contribution in [0.3, 0.4) is 0 Å². The fourth-order valence-electron chi connectivity index (χ4n) is 3.53. The van der Waals surface area contributed by atoms with Gasteiger partial charge in [0.05, 0.1) is 10.7 Å². The molecule has 3 amide bonds. The van der Waals surface area contributed by atoms with Crippen molar-refractivity contribution in [1.82, 2.24) is 10.2 Å². The minimum Gasteiger partial charge on any atom is -0.344 e. The molecule has 2 aliphatic rings. The molecule has 2 fully saturated rings. The zero-order valence-electron chi connectivity index (χ0n) is 14.8. The molecular formula is C19H21Cl2N3O3. The van der Waals surface area contributed by atoms with Crippen LogP contribution in [0, 0.1) is 5.92 Å². The van der Waals surface area contributed by atoms with Crippen LogP contribution in [0.25, 0.3) is 0 Å². The number of benzene rings is 1. The lowest BCUT2D eigenvalue weighted by atomic mass is 9.95. The third-order valence-corrected chi connectivity index (χ3v) is 5.61. The van der Waals surface area contributed by atoms with Crippen molar-refractivity contribution in [2.45, 2.75) is 25.3 Å². The van der Waals surface area contributed by atoms with Gasteiger partial charge in [0.1, 0.15) is 6.04 Å². The number of rotatable bonds is 4. The average Bonchev–Trinajstić information content (AvgIpc) is 3.01. The molecule has 2 saturated heterocycles. The molecule has 1 N–H and O–H groups in total. The number of amides is 3. The lowest BCUT2D eigenvalue weighted by Gasteiger charge is -2.31. The van der Waals surface area contributed by atoms with Crippen molar-refractivity contribution in [2.24, 2.45) is 5.92 Å². The standard InChI is InChI=1S/C19H21Cl2N3O3/c1-2-17(25)23-8-5-12(6-9-23)18(26)22-15-7-10-24(19(15)27)16-4-3-13(20)11-14(16)21/h2-4,11-12,15H,1,5-10H2,(H,22,26). The Morgan fingerprint density at radius 1 is 1.15 bits per heavy atom. The molecule has 0 saturated carbocycles. The Hall–Kier alpha value is -2.05. The number of likely N-dealkylation sites (tertiary alicyclic amines) is 1.